The molecule has 3 N–H and O–H groups in total. The van der Waals surface area contributed by atoms with E-state index in [1.54, 1.807) is 0 Å². The molecule has 0 radical (unpaired) electrons. The summed E-state index contributed by atoms with van der Waals surface area (Å²) in [6.45, 7) is 0. The number of benzene rings is 1. The van der Waals surface area contributed by atoms with Crippen LogP contribution in [-0.2, 0) is 14.4 Å². The molecule has 0 bridgehead atoms. The number of aliphatic carboxylic acids is 1. The summed E-state index contributed by atoms with van der Waals surface area (Å²) in [7, 11) is 0. The molecule has 1 fully saturated rings. The summed E-state index contributed by atoms with van der Waals surface area (Å²) in [5.74, 6) is -2.76. The van der Waals surface area contributed by atoms with Crippen molar-refractivity contribution in [1.29, 1.82) is 0 Å². The van der Waals surface area contributed by atoms with Crippen molar-refractivity contribution in [1.82, 2.24) is 15.6 Å². The number of hydrazone groups is 1. The molecule has 8 nitrogen and oxygen atoms in total. The van der Waals surface area contributed by atoms with E-state index >= 15 is 0 Å². The zero-order valence-corrected chi connectivity index (χ0v) is 15.2. The third-order valence-corrected chi connectivity index (χ3v) is 5.55. The molecule has 28 heavy (non-hydrogen) atoms. The molecule has 2 unspecified atom stereocenters. The van der Waals surface area contributed by atoms with Crippen molar-refractivity contribution in [3.63, 3.8) is 0 Å². The fraction of sp³-hybridized carbons (Fsp3) is 0.400. The van der Waals surface area contributed by atoms with Gasteiger partial charge in [-0.25, -0.2) is 5.01 Å². The lowest BCUT2D eigenvalue weighted by atomic mass is 9.84. The van der Waals surface area contributed by atoms with E-state index in [1.165, 1.54) is 17.3 Å². The minimum absolute atomic E-state index is 0.296. The molecular weight excluding hydrogens is 360 g/mol. The molecule has 1 aliphatic carbocycles. The second-order valence-corrected chi connectivity index (χ2v) is 7.33. The summed E-state index contributed by atoms with van der Waals surface area (Å²) in [6.07, 6.45) is 5.23. The minimum atomic E-state index is -0.882. The lowest BCUT2D eigenvalue weighted by molar-refractivity contribution is -0.144. The molecule has 4 atom stereocenters. The van der Waals surface area contributed by atoms with Crippen LogP contribution in [0.25, 0.3) is 5.70 Å². The fourth-order valence-electron chi connectivity index (χ4n) is 4.06. The lowest BCUT2D eigenvalue weighted by Gasteiger charge is -2.33. The Labute approximate surface area is 162 Å². The average Bonchev–Trinajstić information content (AvgIpc) is 3.13. The highest BCUT2D eigenvalue weighted by Gasteiger charge is 2.43. The second-order valence-electron chi connectivity index (χ2n) is 7.33. The third kappa shape index (κ3) is 3.37. The Balaban J connectivity index is 1.49. The predicted molar refractivity (Wildman–Crippen MR) is 102 cm³/mol. The Bertz CT molecular complexity index is 851. The van der Waals surface area contributed by atoms with Crippen molar-refractivity contribution in [2.45, 2.75) is 37.9 Å². The predicted octanol–water partition coefficient (Wildman–Crippen LogP) is 1.16. The number of carbonyl (C=O) groups is 3. The molecule has 0 spiro atoms. The van der Waals surface area contributed by atoms with Crippen LogP contribution in [0.5, 0.6) is 0 Å². The van der Waals surface area contributed by atoms with Gasteiger partial charge in [-0.15, -0.1) is 0 Å². The summed E-state index contributed by atoms with van der Waals surface area (Å²) >= 11 is 0. The molecule has 1 saturated carbocycles. The average molecular weight is 382 g/mol. The fourth-order valence-corrected chi connectivity index (χ4v) is 4.06. The highest BCUT2D eigenvalue weighted by atomic mass is 16.4. The van der Waals surface area contributed by atoms with Crippen LogP contribution in [0, 0.1) is 11.8 Å². The quantitative estimate of drug-likeness (QED) is 0.724. The van der Waals surface area contributed by atoms with Gasteiger partial charge in [-0.3, -0.25) is 14.4 Å². The normalized spacial score (nSPS) is 28.9. The maximum atomic E-state index is 12.9. The SMILES string of the molecule is O=C(N[C@@H]1CCCC[C@@H]1C(=O)O)C1C=NN2C(=O)C=C(c3ccccc3)NC12. The first kappa shape index (κ1) is 18.2. The van der Waals surface area contributed by atoms with Crippen molar-refractivity contribution in [3.05, 3.63) is 42.0 Å². The molecule has 8 heteroatoms. The Morgan fingerprint density at radius 1 is 1.18 bits per heavy atom. The number of fused-ring (bicyclic) bond motifs is 1. The maximum absolute atomic E-state index is 12.9. The molecule has 0 aromatic heterocycles. The molecule has 2 heterocycles. The zero-order chi connectivity index (χ0) is 19.7. The van der Waals surface area contributed by atoms with Crippen LogP contribution in [0.2, 0.25) is 0 Å². The second kappa shape index (κ2) is 7.46. The topological polar surface area (TPSA) is 111 Å². The van der Waals surface area contributed by atoms with E-state index in [4.69, 9.17) is 0 Å². The van der Waals surface area contributed by atoms with Crippen LogP contribution in [0.15, 0.2) is 41.5 Å². The molecule has 2 aliphatic heterocycles. The monoisotopic (exact) mass is 382 g/mol. The van der Waals surface area contributed by atoms with Crippen LogP contribution < -0.4 is 10.6 Å². The summed E-state index contributed by atoms with van der Waals surface area (Å²) in [5.41, 5.74) is 1.48. The Morgan fingerprint density at radius 2 is 1.93 bits per heavy atom. The number of rotatable bonds is 4. The zero-order valence-electron chi connectivity index (χ0n) is 15.2. The van der Waals surface area contributed by atoms with Gasteiger partial charge in [-0.1, -0.05) is 43.2 Å². The van der Waals surface area contributed by atoms with E-state index in [0.29, 0.717) is 18.5 Å². The van der Waals surface area contributed by atoms with Crippen molar-refractivity contribution >= 4 is 29.7 Å². The van der Waals surface area contributed by atoms with E-state index < -0.39 is 30.0 Å². The van der Waals surface area contributed by atoms with Gasteiger partial charge in [-0.05, 0) is 18.4 Å². The van der Waals surface area contributed by atoms with E-state index in [-0.39, 0.29) is 11.8 Å². The minimum Gasteiger partial charge on any atom is -0.481 e. The van der Waals surface area contributed by atoms with Crippen LogP contribution in [0.1, 0.15) is 31.2 Å². The molecule has 3 aliphatic rings. The Morgan fingerprint density at radius 3 is 2.68 bits per heavy atom. The first-order valence-corrected chi connectivity index (χ1v) is 9.49. The van der Waals surface area contributed by atoms with Crippen molar-refractivity contribution in [3.8, 4) is 0 Å². The molecule has 2 amide bonds. The number of hydrogen-bond donors (Lipinski definition) is 3. The summed E-state index contributed by atoms with van der Waals surface area (Å²) in [4.78, 5) is 36.8. The van der Waals surface area contributed by atoms with Gasteiger partial charge in [0.1, 0.15) is 12.1 Å². The van der Waals surface area contributed by atoms with E-state index in [9.17, 15) is 19.5 Å². The molecule has 1 aromatic rings. The van der Waals surface area contributed by atoms with Gasteiger partial charge in [-0.2, -0.15) is 5.10 Å². The van der Waals surface area contributed by atoms with Crippen LogP contribution in [0.4, 0.5) is 0 Å². The number of nitrogens with zero attached hydrogens (tertiary/aromatic N) is 2. The van der Waals surface area contributed by atoms with Crippen LogP contribution in [0.3, 0.4) is 0 Å². The highest BCUT2D eigenvalue weighted by molar-refractivity contribution is 6.02. The van der Waals surface area contributed by atoms with Crippen molar-refractivity contribution in [2.75, 3.05) is 0 Å². The first-order valence-electron chi connectivity index (χ1n) is 9.49. The van der Waals surface area contributed by atoms with Gasteiger partial charge in [0.15, 0.2) is 0 Å². The summed E-state index contributed by atoms with van der Waals surface area (Å²) in [6, 6.07) is 9.00. The first-order chi connectivity index (χ1) is 13.5. The number of carbonyl (C=O) groups excluding carboxylic acids is 2. The number of nitrogens with one attached hydrogen (secondary N) is 2. The van der Waals surface area contributed by atoms with Crippen molar-refractivity contribution in [2.24, 2.45) is 16.9 Å². The van der Waals surface area contributed by atoms with Gasteiger partial charge >= 0.3 is 5.97 Å². The Hall–Kier alpha value is -3.16. The Kier molecular flexibility index (Phi) is 4.85. The van der Waals surface area contributed by atoms with Crippen LogP contribution in [-0.4, -0.2) is 46.3 Å². The van der Waals surface area contributed by atoms with Gasteiger partial charge in [0.25, 0.3) is 5.91 Å². The molecule has 0 saturated heterocycles. The molecule has 4 rings (SSSR count). The molecular formula is C20H22N4O4. The highest BCUT2D eigenvalue weighted by Crippen LogP contribution is 2.28. The molecule has 146 valence electrons. The lowest BCUT2D eigenvalue weighted by Crippen LogP contribution is -2.55. The van der Waals surface area contributed by atoms with Crippen LogP contribution >= 0.6 is 0 Å². The number of carboxylic acids is 1. The maximum Gasteiger partial charge on any atom is 0.308 e. The van der Waals surface area contributed by atoms with Gasteiger partial charge in [0, 0.05) is 24.0 Å². The van der Waals surface area contributed by atoms with E-state index in [2.05, 4.69) is 15.7 Å². The number of carboxylic acid groups (broad SMARTS) is 1. The van der Waals surface area contributed by atoms with Gasteiger partial charge in [0.2, 0.25) is 5.91 Å². The third-order valence-electron chi connectivity index (χ3n) is 5.55. The number of amides is 2. The number of hydrogen-bond acceptors (Lipinski definition) is 5. The van der Waals surface area contributed by atoms with Gasteiger partial charge < -0.3 is 15.7 Å². The summed E-state index contributed by atoms with van der Waals surface area (Å²) in [5, 5.41) is 20.9. The largest absolute Gasteiger partial charge is 0.481 e. The smallest absolute Gasteiger partial charge is 0.308 e. The van der Waals surface area contributed by atoms with E-state index in [0.717, 1.165) is 18.4 Å². The standard InChI is InChI=1S/C20H22N4O4/c25-17-10-16(12-6-2-1-3-7-12)22-18-14(11-21-24(17)18)19(26)23-15-9-5-4-8-13(15)20(27)28/h1-3,6-7,10-11,13-15,18,22H,4-5,8-9H2,(H,23,26)(H,27,28)/t13-,14?,15+,18?/m0/s1. The summed E-state index contributed by atoms with van der Waals surface area (Å²) < 4.78 is 0. The van der Waals surface area contributed by atoms with E-state index in [1.807, 2.05) is 30.3 Å². The van der Waals surface area contributed by atoms with Crippen molar-refractivity contribution < 1.29 is 19.5 Å². The molecule has 1 aromatic carbocycles. The van der Waals surface area contributed by atoms with Gasteiger partial charge in [0.05, 0.1) is 5.92 Å².